The predicted molar refractivity (Wildman–Crippen MR) is 116 cm³/mol. The highest BCUT2D eigenvalue weighted by molar-refractivity contribution is 9.11. The van der Waals surface area contributed by atoms with E-state index < -0.39 is 17.5 Å². The van der Waals surface area contributed by atoms with E-state index in [0.717, 1.165) is 20.7 Å². The summed E-state index contributed by atoms with van der Waals surface area (Å²) in [5.41, 5.74) is -0.162. The minimum absolute atomic E-state index is 0.177. The number of carbonyl (C=O) groups is 3. The van der Waals surface area contributed by atoms with Crippen LogP contribution in [0.3, 0.4) is 0 Å². The molecule has 2 atom stereocenters. The molecular formula is C21H24BrN3O3S. The molecule has 1 aliphatic rings. The molecule has 1 aliphatic heterocycles. The van der Waals surface area contributed by atoms with Gasteiger partial charge in [-0.15, -0.1) is 11.3 Å². The van der Waals surface area contributed by atoms with Gasteiger partial charge < -0.3 is 10.6 Å². The molecule has 3 rings (SSSR count). The van der Waals surface area contributed by atoms with Crippen LogP contribution in [0.2, 0.25) is 0 Å². The van der Waals surface area contributed by atoms with Crippen molar-refractivity contribution in [2.45, 2.75) is 38.8 Å². The number of benzene rings is 1. The van der Waals surface area contributed by atoms with Crippen LogP contribution in [-0.2, 0) is 15.1 Å². The fourth-order valence-electron chi connectivity index (χ4n) is 3.41. The first-order chi connectivity index (χ1) is 13.7. The lowest BCUT2D eigenvalue weighted by Crippen LogP contribution is -2.43. The smallest absolute Gasteiger partial charge is 0.325 e. The third-order valence-electron chi connectivity index (χ3n) is 4.89. The monoisotopic (exact) mass is 477 g/mol. The Bertz CT molecular complexity index is 915. The summed E-state index contributed by atoms with van der Waals surface area (Å²) in [7, 11) is 0. The van der Waals surface area contributed by atoms with Gasteiger partial charge in [0, 0.05) is 4.88 Å². The summed E-state index contributed by atoms with van der Waals surface area (Å²) >= 11 is 4.76. The van der Waals surface area contributed by atoms with Crippen molar-refractivity contribution in [3.8, 4) is 0 Å². The molecule has 2 unspecified atom stereocenters. The van der Waals surface area contributed by atoms with Crippen molar-refractivity contribution in [3.63, 3.8) is 0 Å². The normalized spacial score (nSPS) is 20.1. The van der Waals surface area contributed by atoms with Crippen molar-refractivity contribution < 1.29 is 14.4 Å². The molecule has 8 heteroatoms. The molecule has 6 nitrogen and oxygen atoms in total. The van der Waals surface area contributed by atoms with Gasteiger partial charge in [-0.25, -0.2) is 4.79 Å². The zero-order chi connectivity index (χ0) is 21.2. The van der Waals surface area contributed by atoms with Gasteiger partial charge in [-0.2, -0.15) is 0 Å². The second kappa shape index (κ2) is 8.67. The fourth-order valence-corrected chi connectivity index (χ4v) is 4.89. The molecule has 1 aromatic heterocycles. The largest absolute Gasteiger partial charge is 0.348 e. The molecule has 0 aliphatic carbocycles. The average molecular weight is 478 g/mol. The minimum atomic E-state index is -1.16. The zero-order valence-electron chi connectivity index (χ0n) is 16.6. The van der Waals surface area contributed by atoms with E-state index in [0.29, 0.717) is 10.8 Å². The molecule has 2 aromatic rings. The zero-order valence-corrected chi connectivity index (χ0v) is 19.0. The number of halogens is 1. The fraction of sp³-hybridized carbons (Fsp3) is 0.381. The summed E-state index contributed by atoms with van der Waals surface area (Å²) in [5, 5.41) is 5.72. The Labute approximate surface area is 182 Å². The molecule has 1 fully saturated rings. The van der Waals surface area contributed by atoms with Crippen LogP contribution in [0.4, 0.5) is 4.79 Å². The van der Waals surface area contributed by atoms with E-state index in [1.807, 2.05) is 36.4 Å². The van der Waals surface area contributed by atoms with E-state index in [9.17, 15) is 14.4 Å². The Hall–Kier alpha value is -2.19. The highest BCUT2D eigenvalue weighted by Gasteiger charge is 2.50. The number of nitrogens with one attached hydrogen (secondary N) is 2. The van der Waals surface area contributed by atoms with Gasteiger partial charge in [0.25, 0.3) is 5.91 Å². The number of hydrogen-bond acceptors (Lipinski definition) is 4. The summed E-state index contributed by atoms with van der Waals surface area (Å²) in [5.74, 6) is -0.412. The molecule has 154 valence electrons. The van der Waals surface area contributed by atoms with Crippen LogP contribution in [0, 0.1) is 5.92 Å². The number of nitrogens with zero attached hydrogens (tertiary/aromatic N) is 1. The van der Waals surface area contributed by atoms with Gasteiger partial charge in [0.2, 0.25) is 5.91 Å². The van der Waals surface area contributed by atoms with Crippen molar-refractivity contribution in [1.82, 2.24) is 15.5 Å². The van der Waals surface area contributed by atoms with Crippen molar-refractivity contribution in [2.75, 3.05) is 6.54 Å². The first-order valence-corrected chi connectivity index (χ1v) is 11.1. The predicted octanol–water partition coefficient (Wildman–Crippen LogP) is 4.18. The van der Waals surface area contributed by atoms with Crippen molar-refractivity contribution in [1.29, 1.82) is 0 Å². The van der Waals surface area contributed by atoms with Gasteiger partial charge in [-0.1, -0.05) is 44.2 Å². The lowest BCUT2D eigenvalue weighted by atomic mass is 9.97. The number of carbonyl (C=O) groups excluding carboxylic acids is 3. The summed E-state index contributed by atoms with van der Waals surface area (Å²) in [6.07, 6.45) is 0.761. The van der Waals surface area contributed by atoms with Crippen LogP contribution in [0.25, 0.3) is 0 Å². The van der Waals surface area contributed by atoms with E-state index in [2.05, 4.69) is 40.4 Å². The third kappa shape index (κ3) is 4.70. The van der Waals surface area contributed by atoms with Crippen LogP contribution in [-0.4, -0.2) is 29.3 Å². The Balaban J connectivity index is 1.72. The van der Waals surface area contributed by atoms with Crippen molar-refractivity contribution in [3.05, 3.63) is 56.7 Å². The summed E-state index contributed by atoms with van der Waals surface area (Å²) in [6, 6.07) is 12.6. The lowest BCUT2D eigenvalue weighted by Gasteiger charge is -2.23. The summed E-state index contributed by atoms with van der Waals surface area (Å²) in [6.45, 7) is 5.53. The van der Waals surface area contributed by atoms with Gasteiger partial charge in [0.15, 0.2) is 5.54 Å². The van der Waals surface area contributed by atoms with E-state index >= 15 is 0 Å². The molecule has 0 bridgehead atoms. The lowest BCUT2D eigenvalue weighted by molar-refractivity contribution is -0.135. The number of hydrogen-bond donors (Lipinski definition) is 2. The highest BCUT2D eigenvalue weighted by Crippen LogP contribution is 2.35. The van der Waals surface area contributed by atoms with Gasteiger partial charge in [0.1, 0.15) is 6.54 Å². The quantitative estimate of drug-likeness (QED) is 0.586. The Morgan fingerprint density at radius 2 is 1.90 bits per heavy atom. The topological polar surface area (TPSA) is 78.5 Å². The number of imide groups is 1. The molecule has 0 saturated carbocycles. The van der Waals surface area contributed by atoms with Crippen LogP contribution < -0.4 is 10.6 Å². The Kier molecular flexibility index (Phi) is 6.43. The SMILES string of the molecule is CC(C)CC(NC(=O)CN1C(=O)NC(C)(c2ccc(Br)s2)C1=O)c1ccccc1. The molecule has 0 spiro atoms. The Morgan fingerprint density at radius 3 is 2.48 bits per heavy atom. The highest BCUT2D eigenvalue weighted by atomic mass is 79.9. The minimum Gasteiger partial charge on any atom is -0.348 e. The van der Waals surface area contributed by atoms with E-state index in [1.54, 1.807) is 13.0 Å². The maximum atomic E-state index is 13.0. The second-order valence-electron chi connectivity index (χ2n) is 7.71. The van der Waals surface area contributed by atoms with Crippen LogP contribution in [0.1, 0.15) is 43.7 Å². The molecule has 1 saturated heterocycles. The molecule has 0 radical (unpaired) electrons. The first-order valence-electron chi connectivity index (χ1n) is 9.45. The summed E-state index contributed by atoms with van der Waals surface area (Å²) < 4.78 is 0.867. The molecule has 29 heavy (non-hydrogen) atoms. The maximum Gasteiger partial charge on any atom is 0.325 e. The summed E-state index contributed by atoms with van der Waals surface area (Å²) in [4.78, 5) is 39.8. The molecule has 2 N–H and O–H groups in total. The molecule has 2 heterocycles. The van der Waals surface area contributed by atoms with E-state index in [-0.39, 0.29) is 18.5 Å². The number of thiophene rings is 1. The van der Waals surface area contributed by atoms with Crippen LogP contribution in [0.5, 0.6) is 0 Å². The van der Waals surface area contributed by atoms with E-state index in [4.69, 9.17) is 0 Å². The van der Waals surface area contributed by atoms with Gasteiger partial charge >= 0.3 is 6.03 Å². The molecule has 4 amide bonds. The Morgan fingerprint density at radius 1 is 1.21 bits per heavy atom. The first kappa shape index (κ1) is 21.5. The number of urea groups is 1. The van der Waals surface area contributed by atoms with Gasteiger partial charge in [-0.3, -0.25) is 14.5 Å². The van der Waals surface area contributed by atoms with Crippen molar-refractivity contribution >= 4 is 45.1 Å². The van der Waals surface area contributed by atoms with Crippen LogP contribution >= 0.6 is 27.3 Å². The van der Waals surface area contributed by atoms with Crippen LogP contribution in [0.15, 0.2) is 46.3 Å². The van der Waals surface area contributed by atoms with Crippen molar-refractivity contribution in [2.24, 2.45) is 5.92 Å². The maximum absolute atomic E-state index is 13.0. The standard InChI is InChI=1S/C21H24BrN3O3S/c1-13(2)11-15(14-7-5-4-6-8-14)23-18(26)12-25-19(27)21(3,24-20(25)28)16-9-10-17(22)29-16/h4-10,13,15H,11-12H2,1-3H3,(H,23,26)(H,24,28). The second-order valence-corrected chi connectivity index (χ2v) is 10.2. The van der Waals surface area contributed by atoms with Gasteiger partial charge in [-0.05, 0) is 52.9 Å². The van der Waals surface area contributed by atoms with Gasteiger partial charge in [0.05, 0.1) is 9.83 Å². The van der Waals surface area contributed by atoms with E-state index in [1.165, 1.54) is 11.3 Å². The average Bonchev–Trinajstić information content (AvgIpc) is 3.20. The molecule has 1 aromatic carbocycles. The molecular weight excluding hydrogens is 454 g/mol. The number of amides is 4. The number of rotatable bonds is 7. The third-order valence-corrected chi connectivity index (χ3v) is 6.73.